The summed E-state index contributed by atoms with van der Waals surface area (Å²) in [5.74, 6) is 2.16. The van der Waals surface area contributed by atoms with Crippen LogP contribution in [0.15, 0.2) is 0 Å². The van der Waals surface area contributed by atoms with Crippen molar-refractivity contribution in [3.05, 3.63) is 0 Å². The Kier molecular flexibility index (Phi) is 11.6. The van der Waals surface area contributed by atoms with Crippen molar-refractivity contribution in [3.8, 4) is 12.3 Å². The van der Waals surface area contributed by atoms with Gasteiger partial charge >= 0.3 is 0 Å². The monoisotopic (exact) mass is 219 g/mol. The maximum Gasteiger partial charge on any atom is 0.237 e. The summed E-state index contributed by atoms with van der Waals surface area (Å²) in [6.45, 7) is 1.14. The summed E-state index contributed by atoms with van der Waals surface area (Å²) in [5, 5.41) is 2.54. The molecule has 4 nitrogen and oxygen atoms in total. The smallest absolute Gasteiger partial charge is 0.237 e. The van der Waals surface area contributed by atoms with Crippen LogP contribution >= 0.6 is 0 Å². The highest BCUT2D eigenvalue weighted by molar-refractivity contribution is 5.81. The van der Waals surface area contributed by atoms with Crippen LogP contribution in [0.25, 0.3) is 0 Å². The maximum absolute atomic E-state index is 11.1. The zero-order valence-electron chi connectivity index (χ0n) is 8.26. The fraction of sp³-hybridized carbons (Fsp3) is 0.667. The number of unbranched alkanes of at least 4 members (excludes halogenated alkanes) is 1. The second-order valence-corrected chi connectivity index (χ2v) is 2.88. The number of carbonyl (C=O) groups is 1. The van der Waals surface area contributed by atoms with E-state index in [1.54, 1.807) is 0 Å². The second kappa shape index (κ2) is 10.3. The number of hydrogen-bond acceptors (Lipinski definition) is 2. The Morgan fingerprint density at radius 3 is 2.71 bits per heavy atom. The van der Waals surface area contributed by atoms with Crippen molar-refractivity contribution in [2.45, 2.75) is 25.3 Å². The third kappa shape index (κ3) is 7.87. The summed E-state index contributed by atoms with van der Waals surface area (Å²) in [7, 11) is 0. The lowest BCUT2D eigenvalue weighted by molar-refractivity contribution is -0.368. The van der Waals surface area contributed by atoms with Crippen molar-refractivity contribution >= 4 is 5.91 Å². The molecule has 6 N–H and O–H groups in total. The highest BCUT2D eigenvalue weighted by atomic mass is 35.5. The van der Waals surface area contributed by atoms with E-state index in [1.807, 2.05) is 0 Å². The molecule has 0 aliphatic rings. The molecule has 82 valence electrons. The fourth-order valence-electron chi connectivity index (χ4n) is 0.941. The highest BCUT2D eigenvalue weighted by Gasteiger charge is 2.11. The Bertz CT molecular complexity index is 191. The van der Waals surface area contributed by atoms with Gasteiger partial charge in [0.15, 0.2) is 0 Å². The zero-order valence-corrected chi connectivity index (χ0v) is 9.02. The van der Waals surface area contributed by atoms with Gasteiger partial charge in [0.25, 0.3) is 0 Å². The van der Waals surface area contributed by atoms with Crippen molar-refractivity contribution in [3.63, 3.8) is 0 Å². The number of terminal acetylenes is 1. The van der Waals surface area contributed by atoms with Gasteiger partial charge in [-0.15, -0.1) is 6.42 Å². The Morgan fingerprint density at radius 1 is 1.57 bits per heavy atom. The Labute approximate surface area is 91.2 Å². The average Bonchev–Trinajstić information content (AvgIpc) is 2.14. The van der Waals surface area contributed by atoms with Crippen molar-refractivity contribution < 1.29 is 22.9 Å². The van der Waals surface area contributed by atoms with Gasteiger partial charge in [0.1, 0.15) is 0 Å². The molecule has 0 aromatic heterocycles. The number of halogens is 1. The van der Waals surface area contributed by atoms with Gasteiger partial charge in [-0.2, -0.15) is 0 Å². The predicted octanol–water partition coefficient (Wildman–Crippen LogP) is -4.52. The van der Waals surface area contributed by atoms with Crippen molar-refractivity contribution in [1.29, 1.82) is 0 Å². The maximum atomic E-state index is 11.1. The standard InChI is InChI=1S/C9H17N3O.ClH/c1-2-7-12-9(13)8(11)5-3-4-6-10;/h1,8H,3-7,10-11H2,(H,12,13);1H. The molecule has 0 bridgehead atoms. The van der Waals surface area contributed by atoms with E-state index in [4.69, 9.17) is 12.2 Å². The van der Waals surface area contributed by atoms with Crippen LogP contribution in [0, 0.1) is 12.3 Å². The lowest BCUT2D eigenvalue weighted by Crippen LogP contribution is -3.00. The molecule has 0 radical (unpaired) electrons. The van der Waals surface area contributed by atoms with Crippen LogP contribution in [0.3, 0.4) is 0 Å². The van der Waals surface area contributed by atoms with Crippen LogP contribution in [0.1, 0.15) is 19.3 Å². The molecule has 0 aliphatic heterocycles. The van der Waals surface area contributed by atoms with Crippen LogP contribution in [-0.4, -0.2) is 25.0 Å². The molecular formula is C9H18ClN3O. The molecule has 5 heteroatoms. The molecule has 0 fully saturated rings. The molecule has 14 heavy (non-hydrogen) atoms. The van der Waals surface area contributed by atoms with E-state index >= 15 is 0 Å². The van der Waals surface area contributed by atoms with Crippen molar-refractivity contribution in [2.24, 2.45) is 5.73 Å². The number of quaternary nitrogens is 1. The lowest BCUT2D eigenvalue weighted by Gasteiger charge is -2.09. The van der Waals surface area contributed by atoms with Gasteiger partial charge in [-0.3, -0.25) is 4.79 Å². The minimum Gasteiger partial charge on any atom is -1.00 e. The summed E-state index contributed by atoms with van der Waals surface area (Å²) < 4.78 is 0. The van der Waals surface area contributed by atoms with E-state index in [2.05, 4.69) is 17.0 Å². The lowest BCUT2D eigenvalue weighted by atomic mass is 10.1. The van der Waals surface area contributed by atoms with Crippen LogP contribution in [0.5, 0.6) is 0 Å². The molecule has 0 spiro atoms. The van der Waals surface area contributed by atoms with Crippen LogP contribution in [0.4, 0.5) is 0 Å². The summed E-state index contributed by atoms with van der Waals surface area (Å²) in [6, 6.07) is -0.431. The van der Waals surface area contributed by atoms with Gasteiger partial charge in [0.2, 0.25) is 5.91 Å². The first-order valence-corrected chi connectivity index (χ1v) is 4.48. The summed E-state index contributed by atoms with van der Waals surface area (Å²) in [5.41, 5.74) is 9.31. The first-order chi connectivity index (χ1) is 6.22. The minimum absolute atomic E-state index is 0. The van der Waals surface area contributed by atoms with Gasteiger partial charge in [-0.1, -0.05) is 5.92 Å². The number of hydrogen-bond donors (Lipinski definition) is 3. The molecule has 1 amide bonds. The number of nitrogens with one attached hydrogen (secondary N) is 1. The first-order valence-electron chi connectivity index (χ1n) is 4.48. The largest absolute Gasteiger partial charge is 1.00 e. The van der Waals surface area contributed by atoms with E-state index in [0.29, 0.717) is 6.42 Å². The topological polar surface area (TPSA) is 82.8 Å². The third-order valence-electron chi connectivity index (χ3n) is 1.72. The van der Waals surface area contributed by atoms with E-state index < -0.39 is 6.04 Å². The quantitative estimate of drug-likeness (QED) is 0.311. The molecule has 0 saturated heterocycles. The highest BCUT2D eigenvalue weighted by Crippen LogP contribution is 1.97. The van der Waals surface area contributed by atoms with E-state index in [9.17, 15) is 4.79 Å². The zero-order chi connectivity index (χ0) is 10.1. The fourth-order valence-corrected chi connectivity index (χ4v) is 0.941. The summed E-state index contributed by atoms with van der Waals surface area (Å²) >= 11 is 0. The van der Waals surface area contributed by atoms with Gasteiger partial charge in [0.05, 0.1) is 19.1 Å². The molecule has 1 unspecified atom stereocenters. The van der Waals surface area contributed by atoms with Crippen LogP contribution in [0.2, 0.25) is 0 Å². The number of nitrogens with two attached hydrogens (primary N) is 1. The Morgan fingerprint density at radius 2 is 2.21 bits per heavy atom. The predicted molar refractivity (Wildman–Crippen MR) is 51.4 cm³/mol. The third-order valence-corrected chi connectivity index (χ3v) is 1.72. The molecule has 0 aliphatic carbocycles. The molecule has 0 aromatic rings. The van der Waals surface area contributed by atoms with Gasteiger partial charge < -0.3 is 29.2 Å². The minimum atomic E-state index is -0.431. The van der Waals surface area contributed by atoms with Crippen molar-refractivity contribution in [1.82, 2.24) is 5.32 Å². The second-order valence-electron chi connectivity index (χ2n) is 2.88. The molecule has 0 saturated carbocycles. The van der Waals surface area contributed by atoms with Gasteiger partial charge in [-0.05, 0) is 19.3 Å². The van der Waals surface area contributed by atoms with E-state index in [1.165, 1.54) is 0 Å². The number of amides is 1. The van der Waals surface area contributed by atoms with Crippen LogP contribution < -0.4 is 29.2 Å². The van der Waals surface area contributed by atoms with Gasteiger partial charge in [-0.25, -0.2) is 0 Å². The first kappa shape index (κ1) is 15.7. The summed E-state index contributed by atoms with van der Waals surface area (Å²) in [4.78, 5) is 11.1. The molecular weight excluding hydrogens is 202 g/mol. The number of rotatable bonds is 6. The van der Waals surface area contributed by atoms with E-state index in [0.717, 1.165) is 19.4 Å². The molecule has 1 atom stereocenters. The molecule has 0 rings (SSSR count). The van der Waals surface area contributed by atoms with Crippen molar-refractivity contribution in [2.75, 3.05) is 13.1 Å². The Balaban J connectivity index is 0. The summed E-state index contributed by atoms with van der Waals surface area (Å²) in [6.07, 6.45) is 7.63. The van der Waals surface area contributed by atoms with Gasteiger partial charge in [0, 0.05) is 0 Å². The molecule has 0 aromatic carbocycles. The Hall–Kier alpha value is -0.760. The molecule has 0 heterocycles. The SMILES string of the molecule is C#CCNC(=O)C(N)CCCC[NH3+].[Cl-]. The normalized spacial score (nSPS) is 10.9. The number of carbonyl (C=O) groups excluding carboxylic acids is 1. The van der Waals surface area contributed by atoms with E-state index in [-0.39, 0.29) is 24.9 Å². The van der Waals surface area contributed by atoms with Crippen LogP contribution in [-0.2, 0) is 4.79 Å². The average molecular weight is 220 g/mol.